The second-order valence-electron chi connectivity index (χ2n) is 7.35. The van der Waals surface area contributed by atoms with Crippen molar-refractivity contribution in [3.8, 4) is 46.2 Å². The lowest BCUT2D eigenvalue weighted by molar-refractivity contribution is 0.355. The van der Waals surface area contributed by atoms with Crippen LogP contribution in [0.4, 0.5) is 0 Å². The third-order valence-corrected chi connectivity index (χ3v) is 5.34. The molecule has 2 aromatic carbocycles. The molecule has 0 spiro atoms. The number of methoxy groups -OCH3 is 4. The first-order chi connectivity index (χ1) is 17.4. The van der Waals surface area contributed by atoms with Crippen LogP contribution in [0.1, 0.15) is 0 Å². The monoisotopic (exact) mass is 490 g/mol. The summed E-state index contributed by atoms with van der Waals surface area (Å²) in [5.41, 5.74) is -0.444. The second-order valence-corrected chi connectivity index (χ2v) is 7.35. The first-order valence-electron chi connectivity index (χ1n) is 10.4. The molecule has 0 bridgehead atoms. The van der Waals surface area contributed by atoms with Crippen molar-refractivity contribution in [1.29, 1.82) is 0 Å². The Morgan fingerprint density at radius 3 is 1.36 bits per heavy atom. The number of nitrogens with zero attached hydrogens (tertiary/aromatic N) is 4. The molecule has 3 heterocycles. The van der Waals surface area contributed by atoms with Crippen molar-refractivity contribution in [3.05, 3.63) is 57.5 Å². The highest BCUT2D eigenvalue weighted by molar-refractivity contribution is 5.83. The van der Waals surface area contributed by atoms with Crippen LogP contribution in [0.2, 0.25) is 0 Å². The molecule has 12 heteroatoms. The molecule has 0 aliphatic carbocycles. The predicted octanol–water partition coefficient (Wildman–Crippen LogP) is 2.85. The summed E-state index contributed by atoms with van der Waals surface area (Å²) in [5.74, 6) is 1.32. The Hall–Kier alpha value is -5.00. The Morgan fingerprint density at radius 1 is 0.583 bits per heavy atom. The lowest BCUT2D eigenvalue weighted by Gasteiger charge is -2.09. The third kappa shape index (κ3) is 3.83. The normalized spacial score (nSPS) is 11.0. The second kappa shape index (κ2) is 8.98. The summed E-state index contributed by atoms with van der Waals surface area (Å²) in [5, 5.41) is 0.402. The van der Waals surface area contributed by atoms with E-state index in [1.54, 1.807) is 12.1 Å². The highest BCUT2D eigenvalue weighted by Gasteiger charge is 2.18. The maximum atomic E-state index is 12.7. The molecule has 0 N–H and O–H groups in total. The van der Waals surface area contributed by atoms with Gasteiger partial charge in [0.2, 0.25) is 0 Å². The van der Waals surface area contributed by atoms with Crippen molar-refractivity contribution in [3.63, 3.8) is 0 Å². The lowest BCUT2D eigenvalue weighted by Crippen LogP contribution is -2.06. The van der Waals surface area contributed by atoms with Gasteiger partial charge in [0, 0.05) is 24.3 Å². The summed E-state index contributed by atoms with van der Waals surface area (Å²) in [6.07, 6.45) is 2.71. The minimum absolute atomic E-state index is 0.0939. The molecule has 5 rings (SSSR count). The Labute approximate surface area is 202 Å². The van der Waals surface area contributed by atoms with Gasteiger partial charge in [-0.15, -0.1) is 0 Å². The summed E-state index contributed by atoms with van der Waals surface area (Å²) < 4.78 is 31.8. The van der Waals surface area contributed by atoms with Crippen LogP contribution < -0.4 is 30.2 Å². The van der Waals surface area contributed by atoms with Crippen LogP contribution in [-0.2, 0) is 0 Å². The number of ether oxygens (including phenoxy) is 4. The first kappa shape index (κ1) is 22.8. The van der Waals surface area contributed by atoms with E-state index in [0.29, 0.717) is 34.0 Å². The topological polar surface area (TPSA) is 149 Å². The molecule has 5 aromatic rings. The minimum atomic E-state index is -0.653. The van der Waals surface area contributed by atoms with Gasteiger partial charge in [-0.3, -0.25) is 4.98 Å². The summed E-state index contributed by atoms with van der Waals surface area (Å²) in [7, 11) is 5.86. The quantitative estimate of drug-likeness (QED) is 0.344. The molecule has 0 saturated heterocycles. The van der Waals surface area contributed by atoms with Gasteiger partial charge in [0.05, 0.1) is 62.6 Å². The largest absolute Gasteiger partial charge is 0.493 e. The number of rotatable bonds is 6. The number of benzene rings is 2. The Bertz CT molecular complexity index is 1620. The zero-order valence-electron chi connectivity index (χ0n) is 19.5. The fraction of sp³-hybridized carbons (Fsp3) is 0.167. The van der Waals surface area contributed by atoms with Crippen LogP contribution in [0.3, 0.4) is 0 Å². The molecule has 0 atom stereocenters. The highest BCUT2D eigenvalue weighted by atomic mass is 16.5. The number of aromatic nitrogens is 4. The zero-order chi connectivity index (χ0) is 25.4. The predicted molar refractivity (Wildman–Crippen MR) is 127 cm³/mol. The molecule has 0 aliphatic rings. The fourth-order valence-electron chi connectivity index (χ4n) is 3.59. The molecule has 0 radical (unpaired) electrons. The van der Waals surface area contributed by atoms with Crippen molar-refractivity contribution >= 4 is 21.8 Å². The molecule has 36 heavy (non-hydrogen) atoms. The number of fused-ring (bicyclic) bond motifs is 2. The van der Waals surface area contributed by atoms with E-state index in [1.165, 1.54) is 53.0 Å². The van der Waals surface area contributed by atoms with Gasteiger partial charge in [0.25, 0.3) is 11.8 Å². The van der Waals surface area contributed by atoms with E-state index in [1.807, 2.05) is 0 Å². The number of hydrogen-bond donors (Lipinski definition) is 0. The van der Waals surface area contributed by atoms with Gasteiger partial charge < -0.3 is 27.8 Å². The maximum Gasteiger partial charge on any atom is 0.347 e. The van der Waals surface area contributed by atoms with E-state index in [-0.39, 0.29) is 33.9 Å². The lowest BCUT2D eigenvalue weighted by atomic mass is 10.2. The van der Waals surface area contributed by atoms with Gasteiger partial charge in [-0.2, -0.15) is 0 Å². The molecular weight excluding hydrogens is 472 g/mol. The van der Waals surface area contributed by atoms with Crippen molar-refractivity contribution in [2.75, 3.05) is 28.4 Å². The SMILES string of the molecule is COc1cc2nc(-c3cncc(-c4nc5cc(OC)c(OC)cc5c(=O)o4)n3)oc(=O)c2cc1OC. The number of hydrogen-bond acceptors (Lipinski definition) is 12. The average Bonchev–Trinajstić information content (AvgIpc) is 2.91. The van der Waals surface area contributed by atoms with Crippen molar-refractivity contribution in [2.24, 2.45) is 0 Å². The van der Waals surface area contributed by atoms with Gasteiger partial charge in [0.1, 0.15) is 11.4 Å². The van der Waals surface area contributed by atoms with Crippen LogP contribution >= 0.6 is 0 Å². The van der Waals surface area contributed by atoms with Crippen molar-refractivity contribution < 1.29 is 27.8 Å². The molecule has 3 aromatic heterocycles. The average molecular weight is 490 g/mol. The van der Waals surface area contributed by atoms with Gasteiger partial charge in [-0.05, 0) is 0 Å². The molecule has 0 amide bonds. The smallest absolute Gasteiger partial charge is 0.347 e. The van der Waals surface area contributed by atoms with Gasteiger partial charge in [-0.25, -0.2) is 24.5 Å². The first-order valence-corrected chi connectivity index (χ1v) is 10.4. The zero-order valence-corrected chi connectivity index (χ0v) is 19.5. The fourth-order valence-corrected chi connectivity index (χ4v) is 3.59. The molecule has 182 valence electrons. The van der Waals surface area contributed by atoms with E-state index in [0.717, 1.165) is 0 Å². The summed E-state index contributed by atoms with van der Waals surface area (Å²) >= 11 is 0. The standard InChI is InChI=1S/C24H18N4O8/c1-31-17-5-11-13(7-19(17)33-3)27-21(35-23(11)29)15-9-25-10-16(26-15)22-28-14-8-20(34-4)18(32-2)6-12(14)24(30)36-22/h5-10H,1-4H3. The molecule has 0 aliphatic heterocycles. The summed E-state index contributed by atoms with van der Waals surface area (Å²) in [4.78, 5) is 42.6. The van der Waals surface area contributed by atoms with Crippen molar-refractivity contribution in [1.82, 2.24) is 19.9 Å². The van der Waals surface area contributed by atoms with E-state index < -0.39 is 11.3 Å². The maximum absolute atomic E-state index is 12.7. The minimum Gasteiger partial charge on any atom is -0.493 e. The summed E-state index contributed by atoms with van der Waals surface area (Å²) in [6.45, 7) is 0. The molecule has 0 fully saturated rings. The van der Waals surface area contributed by atoms with Crippen LogP contribution in [0.15, 0.2) is 55.1 Å². The third-order valence-electron chi connectivity index (χ3n) is 5.34. The van der Waals surface area contributed by atoms with Gasteiger partial charge >= 0.3 is 11.3 Å². The van der Waals surface area contributed by atoms with Crippen LogP contribution in [0.5, 0.6) is 23.0 Å². The Morgan fingerprint density at radius 2 is 0.972 bits per heavy atom. The van der Waals surface area contributed by atoms with Gasteiger partial charge in [0.15, 0.2) is 23.0 Å². The molecular formula is C24H18N4O8. The van der Waals surface area contributed by atoms with E-state index >= 15 is 0 Å². The van der Waals surface area contributed by atoms with Crippen LogP contribution in [0, 0.1) is 0 Å². The Balaban J connectivity index is 1.63. The van der Waals surface area contributed by atoms with Crippen LogP contribution in [-0.4, -0.2) is 48.4 Å². The van der Waals surface area contributed by atoms with Crippen molar-refractivity contribution in [2.45, 2.75) is 0 Å². The molecule has 0 unspecified atom stereocenters. The molecule has 0 saturated carbocycles. The van der Waals surface area contributed by atoms with E-state index in [2.05, 4.69) is 19.9 Å². The van der Waals surface area contributed by atoms with Gasteiger partial charge in [-0.1, -0.05) is 0 Å². The van der Waals surface area contributed by atoms with E-state index in [4.69, 9.17) is 27.8 Å². The van der Waals surface area contributed by atoms with Crippen LogP contribution in [0.25, 0.3) is 45.0 Å². The Kier molecular flexibility index (Phi) is 5.68. The summed E-state index contributed by atoms with van der Waals surface area (Å²) in [6, 6.07) is 6.07. The molecule has 12 nitrogen and oxygen atoms in total. The van der Waals surface area contributed by atoms with E-state index in [9.17, 15) is 9.59 Å². The highest BCUT2D eigenvalue weighted by Crippen LogP contribution is 2.32.